The monoisotopic (exact) mass is 393 g/mol. The van der Waals surface area contributed by atoms with Crippen LogP contribution in [0.15, 0.2) is 42.6 Å². The first-order valence-corrected chi connectivity index (χ1v) is 10.5. The van der Waals surface area contributed by atoms with Crippen LogP contribution in [-0.4, -0.2) is 34.3 Å². The second-order valence-electron chi connectivity index (χ2n) is 8.77. The Bertz CT molecular complexity index is 868. The number of likely N-dealkylation sites (tertiary alicyclic amines) is 1. The molecule has 0 aliphatic carbocycles. The van der Waals surface area contributed by atoms with Gasteiger partial charge in [0.05, 0.1) is 0 Å². The SMILES string of the molecule is CCC1CCCCN1C(=O)c1cc(C(=O)Nc2ccc(C(C)(C)C)cc2)ccn1. The van der Waals surface area contributed by atoms with Gasteiger partial charge in [0, 0.05) is 30.0 Å². The van der Waals surface area contributed by atoms with Crippen molar-refractivity contribution in [1.29, 1.82) is 0 Å². The molecule has 0 radical (unpaired) electrons. The van der Waals surface area contributed by atoms with Gasteiger partial charge in [0.2, 0.25) is 0 Å². The lowest BCUT2D eigenvalue weighted by atomic mass is 9.87. The van der Waals surface area contributed by atoms with E-state index in [9.17, 15) is 9.59 Å². The number of rotatable bonds is 4. The number of hydrogen-bond donors (Lipinski definition) is 1. The van der Waals surface area contributed by atoms with E-state index in [0.717, 1.165) is 37.9 Å². The number of anilines is 1. The van der Waals surface area contributed by atoms with Crippen molar-refractivity contribution in [3.05, 3.63) is 59.4 Å². The molecule has 2 heterocycles. The smallest absolute Gasteiger partial charge is 0.272 e. The van der Waals surface area contributed by atoms with E-state index in [1.165, 1.54) is 11.8 Å². The van der Waals surface area contributed by atoms with Crippen LogP contribution in [0.3, 0.4) is 0 Å². The number of amides is 2. The first-order valence-electron chi connectivity index (χ1n) is 10.5. The first kappa shape index (κ1) is 21.0. The molecule has 1 atom stereocenters. The van der Waals surface area contributed by atoms with Gasteiger partial charge in [-0.1, -0.05) is 39.8 Å². The minimum absolute atomic E-state index is 0.0632. The van der Waals surface area contributed by atoms with Crippen LogP contribution in [0.2, 0.25) is 0 Å². The molecule has 1 aromatic heterocycles. The molecule has 29 heavy (non-hydrogen) atoms. The minimum Gasteiger partial charge on any atom is -0.334 e. The predicted octanol–water partition coefficient (Wildman–Crippen LogP) is 5.04. The number of hydrogen-bond acceptors (Lipinski definition) is 3. The fourth-order valence-corrected chi connectivity index (χ4v) is 3.79. The van der Waals surface area contributed by atoms with Crippen molar-refractivity contribution in [3.8, 4) is 0 Å². The second kappa shape index (κ2) is 8.76. The Balaban J connectivity index is 1.73. The molecule has 0 bridgehead atoms. The van der Waals surface area contributed by atoms with E-state index in [1.807, 2.05) is 29.2 Å². The summed E-state index contributed by atoms with van der Waals surface area (Å²) in [6.45, 7) is 9.33. The highest BCUT2D eigenvalue weighted by molar-refractivity contribution is 6.05. The number of pyridine rings is 1. The molecule has 1 saturated heterocycles. The molecule has 1 aliphatic heterocycles. The van der Waals surface area contributed by atoms with E-state index in [0.29, 0.717) is 11.3 Å². The van der Waals surface area contributed by atoms with Crippen molar-refractivity contribution in [3.63, 3.8) is 0 Å². The number of piperidine rings is 1. The maximum atomic E-state index is 13.0. The molecule has 0 saturated carbocycles. The number of nitrogens with zero attached hydrogens (tertiary/aromatic N) is 2. The molecular weight excluding hydrogens is 362 g/mol. The van der Waals surface area contributed by atoms with Gasteiger partial charge in [-0.3, -0.25) is 14.6 Å². The first-order chi connectivity index (χ1) is 13.8. The number of carbonyl (C=O) groups excluding carboxylic acids is 2. The molecule has 1 aromatic carbocycles. The van der Waals surface area contributed by atoms with Crippen LogP contribution in [0, 0.1) is 0 Å². The van der Waals surface area contributed by atoms with Crippen molar-refractivity contribution in [2.24, 2.45) is 0 Å². The fourth-order valence-electron chi connectivity index (χ4n) is 3.79. The van der Waals surface area contributed by atoms with Gasteiger partial charge >= 0.3 is 0 Å². The Labute approximate surface area is 173 Å². The summed E-state index contributed by atoms with van der Waals surface area (Å²) in [4.78, 5) is 31.8. The summed E-state index contributed by atoms with van der Waals surface area (Å²) in [6, 6.07) is 11.4. The third-order valence-electron chi connectivity index (χ3n) is 5.61. The van der Waals surface area contributed by atoms with Gasteiger partial charge in [0.1, 0.15) is 5.69 Å². The molecule has 1 aliphatic rings. The highest BCUT2D eigenvalue weighted by atomic mass is 16.2. The minimum atomic E-state index is -0.240. The zero-order valence-electron chi connectivity index (χ0n) is 17.9. The van der Waals surface area contributed by atoms with Crippen LogP contribution < -0.4 is 5.32 Å². The summed E-state index contributed by atoms with van der Waals surface area (Å²) >= 11 is 0. The van der Waals surface area contributed by atoms with E-state index in [-0.39, 0.29) is 23.3 Å². The zero-order valence-corrected chi connectivity index (χ0v) is 17.9. The van der Waals surface area contributed by atoms with E-state index in [1.54, 1.807) is 12.1 Å². The number of aromatic nitrogens is 1. The second-order valence-corrected chi connectivity index (χ2v) is 8.77. The van der Waals surface area contributed by atoms with E-state index in [2.05, 4.69) is 38.0 Å². The van der Waals surface area contributed by atoms with E-state index >= 15 is 0 Å². The topological polar surface area (TPSA) is 62.3 Å². The van der Waals surface area contributed by atoms with Crippen LogP contribution >= 0.6 is 0 Å². The van der Waals surface area contributed by atoms with Crippen molar-refractivity contribution < 1.29 is 9.59 Å². The Kier molecular flexibility index (Phi) is 6.36. The quantitative estimate of drug-likeness (QED) is 0.792. The normalized spacial score (nSPS) is 17.1. The van der Waals surface area contributed by atoms with Crippen molar-refractivity contribution in [1.82, 2.24) is 9.88 Å². The third kappa shape index (κ3) is 5.03. The molecule has 154 valence electrons. The van der Waals surface area contributed by atoms with E-state index < -0.39 is 0 Å². The Morgan fingerprint density at radius 3 is 2.52 bits per heavy atom. The maximum Gasteiger partial charge on any atom is 0.272 e. The van der Waals surface area contributed by atoms with Crippen LogP contribution in [0.4, 0.5) is 5.69 Å². The molecule has 1 N–H and O–H groups in total. The Hall–Kier alpha value is -2.69. The molecular formula is C24H31N3O2. The van der Waals surface area contributed by atoms with Gasteiger partial charge in [-0.15, -0.1) is 0 Å². The molecule has 5 heteroatoms. The Morgan fingerprint density at radius 1 is 1.14 bits per heavy atom. The summed E-state index contributed by atoms with van der Waals surface area (Å²) in [5, 5.41) is 2.91. The Morgan fingerprint density at radius 2 is 1.86 bits per heavy atom. The van der Waals surface area contributed by atoms with Gasteiger partial charge in [0.25, 0.3) is 11.8 Å². The van der Waals surface area contributed by atoms with Gasteiger partial charge in [-0.05, 0) is 60.9 Å². The number of nitrogens with one attached hydrogen (secondary N) is 1. The summed E-state index contributed by atoms with van der Waals surface area (Å²) in [5.41, 5.74) is 2.77. The van der Waals surface area contributed by atoms with Gasteiger partial charge in [0.15, 0.2) is 0 Å². The summed E-state index contributed by atoms with van der Waals surface area (Å²) in [5.74, 6) is -0.323. The van der Waals surface area contributed by atoms with Gasteiger partial charge < -0.3 is 10.2 Å². The van der Waals surface area contributed by atoms with Crippen molar-refractivity contribution in [2.45, 2.75) is 64.8 Å². The highest BCUT2D eigenvalue weighted by Gasteiger charge is 2.27. The molecule has 1 fully saturated rings. The number of benzene rings is 1. The van der Waals surface area contributed by atoms with Crippen molar-refractivity contribution >= 4 is 17.5 Å². The van der Waals surface area contributed by atoms with E-state index in [4.69, 9.17) is 0 Å². The third-order valence-corrected chi connectivity index (χ3v) is 5.61. The lowest BCUT2D eigenvalue weighted by Crippen LogP contribution is -2.43. The summed E-state index contributed by atoms with van der Waals surface area (Å²) in [7, 11) is 0. The molecule has 5 nitrogen and oxygen atoms in total. The molecule has 0 spiro atoms. The van der Waals surface area contributed by atoms with Crippen molar-refractivity contribution in [2.75, 3.05) is 11.9 Å². The van der Waals surface area contributed by atoms with Crippen LogP contribution in [0.25, 0.3) is 0 Å². The van der Waals surface area contributed by atoms with Gasteiger partial charge in [-0.2, -0.15) is 0 Å². The molecule has 2 amide bonds. The summed E-state index contributed by atoms with van der Waals surface area (Å²) in [6.07, 6.45) is 5.69. The molecule has 3 rings (SSSR count). The lowest BCUT2D eigenvalue weighted by Gasteiger charge is -2.35. The fraction of sp³-hybridized carbons (Fsp3) is 0.458. The van der Waals surface area contributed by atoms with Crippen LogP contribution in [0.5, 0.6) is 0 Å². The van der Waals surface area contributed by atoms with Crippen LogP contribution in [0.1, 0.15) is 79.8 Å². The highest BCUT2D eigenvalue weighted by Crippen LogP contribution is 2.24. The predicted molar refractivity (Wildman–Crippen MR) is 116 cm³/mol. The zero-order chi connectivity index (χ0) is 21.0. The number of carbonyl (C=O) groups is 2. The largest absolute Gasteiger partial charge is 0.334 e. The maximum absolute atomic E-state index is 13.0. The average Bonchev–Trinajstić information content (AvgIpc) is 2.73. The van der Waals surface area contributed by atoms with Gasteiger partial charge in [-0.25, -0.2) is 0 Å². The lowest BCUT2D eigenvalue weighted by molar-refractivity contribution is 0.0602. The molecule has 1 unspecified atom stereocenters. The molecule has 2 aromatic rings. The summed E-state index contributed by atoms with van der Waals surface area (Å²) < 4.78 is 0. The van der Waals surface area contributed by atoms with Crippen LogP contribution in [-0.2, 0) is 5.41 Å². The average molecular weight is 394 g/mol. The standard InChI is InChI=1S/C24H31N3O2/c1-5-20-8-6-7-15-27(20)23(29)21-16-17(13-14-25-21)22(28)26-19-11-9-18(10-12-19)24(2,3)4/h9-14,16,20H,5-8,15H2,1-4H3,(H,26,28).